The second-order valence-electron chi connectivity index (χ2n) is 10.2. The predicted molar refractivity (Wildman–Crippen MR) is 151 cm³/mol. The van der Waals surface area contributed by atoms with Gasteiger partial charge in [-0.25, -0.2) is 0 Å². The Morgan fingerprint density at radius 1 is 0.906 bits per heavy atom. The third-order valence-corrected chi connectivity index (χ3v) is 9.58. The summed E-state index contributed by atoms with van der Waals surface area (Å²) in [7, 11) is 3.04. The van der Waals surface area contributed by atoms with Crippen molar-refractivity contribution in [1.29, 1.82) is 0 Å². The molecule has 0 unspecified atom stereocenters. The zero-order valence-electron chi connectivity index (χ0n) is 21.7. The normalized spacial score (nSPS) is 16.3. The Morgan fingerprint density at radius 3 is 1.94 bits per heavy atom. The van der Waals surface area contributed by atoms with E-state index in [0.717, 1.165) is 0 Å². The number of aryl methyl sites for hydroxylation is 3. The van der Waals surface area contributed by atoms with Crippen LogP contribution in [0, 0.1) is 19.3 Å². The molecule has 0 amide bonds. The first kappa shape index (κ1) is 26.6. The van der Waals surface area contributed by atoms with Crippen LogP contribution in [0.4, 0.5) is 5.69 Å². The number of hydrogen-bond acceptors (Lipinski definition) is 1. The molecular weight excluding hydrogens is 406 g/mol. The smallest absolute Gasteiger partial charge is 0.0364 e. The topological polar surface area (TPSA) is 3.24 Å². The van der Waals surface area contributed by atoms with Gasteiger partial charge in [-0.2, -0.15) is 9.21 Å². The molecule has 32 heavy (non-hydrogen) atoms. The lowest BCUT2D eigenvalue weighted by atomic mass is 9.75. The highest BCUT2D eigenvalue weighted by molar-refractivity contribution is 8.27. The summed E-state index contributed by atoms with van der Waals surface area (Å²) in [5, 5.41) is 0. The van der Waals surface area contributed by atoms with E-state index in [0.29, 0.717) is 5.41 Å². The minimum absolute atomic E-state index is 0.460. The van der Waals surface area contributed by atoms with Crippen molar-refractivity contribution in [3.8, 4) is 0 Å². The van der Waals surface area contributed by atoms with Crippen LogP contribution in [-0.4, -0.2) is 31.6 Å². The first-order chi connectivity index (χ1) is 15.1. The van der Waals surface area contributed by atoms with Crippen LogP contribution in [-0.2, 0) is 6.42 Å². The van der Waals surface area contributed by atoms with Crippen LogP contribution in [0.25, 0.3) is 0 Å². The molecule has 0 saturated heterocycles. The maximum atomic E-state index is 4.68. The molecule has 2 heteroatoms. The molecule has 0 N–H and O–H groups in total. The Labute approximate surface area is 199 Å². The summed E-state index contributed by atoms with van der Waals surface area (Å²) < 4.78 is 0. The zero-order valence-corrected chi connectivity index (χ0v) is 22.5. The molecule has 0 aliphatic carbocycles. The fourth-order valence-electron chi connectivity index (χ4n) is 4.88. The number of anilines is 1. The highest BCUT2D eigenvalue weighted by Crippen LogP contribution is 2.50. The molecule has 0 bridgehead atoms. The van der Waals surface area contributed by atoms with Gasteiger partial charge in [-0.1, -0.05) is 75.5 Å². The largest absolute Gasteiger partial charge is 0.378 e. The van der Waals surface area contributed by atoms with Gasteiger partial charge < -0.3 is 4.90 Å². The number of nitrogens with zero attached hydrogens (tertiary/aromatic N) is 1. The van der Waals surface area contributed by atoms with Crippen LogP contribution in [0.5, 0.6) is 0 Å². The number of unbranched alkanes of at least 4 members (excludes halogenated alkanes) is 2. The summed E-state index contributed by atoms with van der Waals surface area (Å²) in [5.74, 6) is 10.6. The second-order valence-corrected chi connectivity index (χ2v) is 13.0. The van der Waals surface area contributed by atoms with Crippen LogP contribution < -0.4 is 4.90 Å². The number of hydrogen-bond donors (Lipinski definition) is 0. The number of benzene rings is 2. The third-order valence-electron chi connectivity index (χ3n) is 7.08. The maximum Gasteiger partial charge on any atom is 0.0364 e. The van der Waals surface area contributed by atoms with Crippen LogP contribution in [0.1, 0.15) is 75.5 Å². The fourth-order valence-corrected chi connectivity index (χ4v) is 7.72. The first-order valence-electron chi connectivity index (χ1n) is 12.4. The molecule has 2 aromatic carbocycles. The molecule has 2 aromatic rings. The van der Waals surface area contributed by atoms with Gasteiger partial charge in [0.05, 0.1) is 0 Å². The molecule has 178 valence electrons. The molecule has 0 spiro atoms. The van der Waals surface area contributed by atoms with Gasteiger partial charge in [-0.3, -0.25) is 0 Å². The van der Waals surface area contributed by atoms with Gasteiger partial charge in [0.2, 0.25) is 0 Å². The molecular formula is C30H47NS. The summed E-state index contributed by atoms with van der Waals surface area (Å²) in [5.41, 5.74) is 6.01. The second kappa shape index (κ2) is 12.0. The van der Waals surface area contributed by atoms with Crippen LogP contribution in [0.2, 0.25) is 0 Å². The van der Waals surface area contributed by atoms with E-state index in [1.807, 2.05) is 0 Å². The van der Waals surface area contributed by atoms with Gasteiger partial charge in [-0.05, 0) is 90.5 Å². The lowest BCUT2D eigenvalue weighted by Crippen LogP contribution is -2.25. The number of fused-ring (bicyclic) bond motifs is 1. The van der Waals surface area contributed by atoms with Crippen molar-refractivity contribution in [2.24, 2.45) is 5.41 Å². The highest BCUT2D eigenvalue weighted by Gasteiger charge is 2.33. The van der Waals surface area contributed by atoms with Crippen molar-refractivity contribution >= 4 is 26.6 Å². The molecule has 0 saturated carbocycles. The maximum absolute atomic E-state index is 4.68. The Hall–Kier alpha value is -1.67. The van der Waals surface area contributed by atoms with Crippen molar-refractivity contribution in [3.05, 3.63) is 59.2 Å². The monoisotopic (exact) mass is 453 g/mol. The zero-order chi connectivity index (χ0) is 23.8. The van der Waals surface area contributed by atoms with Crippen molar-refractivity contribution in [2.45, 2.75) is 84.0 Å². The Balaban J connectivity index is 0.000000380. The van der Waals surface area contributed by atoms with E-state index < -0.39 is 9.21 Å². The molecule has 0 atom stereocenters. The molecule has 1 aliphatic heterocycles. The van der Waals surface area contributed by atoms with Crippen molar-refractivity contribution in [3.63, 3.8) is 0 Å². The summed E-state index contributed by atoms with van der Waals surface area (Å²) in [6.07, 6.45) is 10.5. The predicted octanol–water partition coefficient (Wildman–Crippen LogP) is 8.40. The Morgan fingerprint density at radius 2 is 1.47 bits per heavy atom. The van der Waals surface area contributed by atoms with Crippen molar-refractivity contribution in [1.82, 2.24) is 0 Å². The Bertz CT molecular complexity index is 924. The SMILES string of the molecule is C=S1(=C)CC(CCCC)(CCCC)CCc2cc(N(C)C)ccc21.Cc1ccccc1C. The quantitative estimate of drug-likeness (QED) is 0.380. The van der Waals surface area contributed by atoms with E-state index in [4.69, 9.17) is 0 Å². The Kier molecular flexibility index (Phi) is 9.95. The van der Waals surface area contributed by atoms with E-state index >= 15 is 0 Å². The van der Waals surface area contributed by atoms with Crippen molar-refractivity contribution in [2.75, 3.05) is 24.7 Å². The summed E-state index contributed by atoms with van der Waals surface area (Å²) in [6.45, 7) is 8.87. The van der Waals surface area contributed by atoms with E-state index in [9.17, 15) is 0 Å². The molecule has 1 nitrogen and oxygen atoms in total. The minimum atomic E-state index is -1.21. The van der Waals surface area contributed by atoms with Gasteiger partial charge in [0.1, 0.15) is 0 Å². The lowest BCUT2D eigenvalue weighted by Gasteiger charge is -2.35. The van der Waals surface area contributed by atoms with Crippen LogP contribution in [0.15, 0.2) is 47.4 Å². The van der Waals surface area contributed by atoms with Crippen LogP contribution >= 0.6 is 9.21 Å². The van der Waals surface area contributed by atoms with E-state index in [2.05, 4.69) is 101 Å². The molecule has 1 heterocycles. The summed E-state index contributed by atoms with van der Waals surface area (Å²) in [4.78, 5) is 3.67. The van der Waals surface area contributed by atoms with Gasteiger partial charge in [0, 0.05) is 19.8 Å². The minimum Gasteiger partial charge on any atom is -0.378 e. The fraction of sp³-hybridized carbons (Fsp3) is 0.533. The molecule has 0 aromatic heterocycles. The van der Waals surface area contributed by atoms with Crippen LogP contribution in [0.3, 0.4) is 0 Å². The van der Waals surface area contributed by atoms with Gasteiger partial charge in [-0.15, -0.1) is 0 Å². The van der Waals surface area contributed by atoms with E-state index in [1.54, 1.807) is 0 Å². The van der Waals surface area contributed by atoms with Gasteiger partial charge in [0.15, 0.2) is 0 Å². The first-order valence-corrected chi connectivity index (χ1v) is 14.6. The third kappa shape index (κ3) is 7.17. The van der Waals surface area contributed by atoms with Gasteiger partial charge in [0.25, 0.3) is 0 Å². The number of rotatable bonds is 7. The summed E-state index contributed by atoms with van der Waals surface area (Å²) in [6, 6.07) is 15.3. The lowest BCUT2D eigenvalue weighted by molar-refractivity contribution is 0.244. The summed E-state index contributed by atoms with van der Waals surface area (Å²) >= 11 is 0. The highest BCUT2D eigenvalue weighted by atomic mass is 32.2. The molecule has 1 aliphatic rings. The van der Waals surface area contributed by atoms with E-state index in [-0.39, 0.29) is 0 Å². The van der Waals surface area contributed by atoms with E-state index in [1.165, 1.54) is 84.4 Å². The van der Waals surface area contributed by atoms with Gasteiger partial charge >= 0.3 is 0 Å². The molecule has 0 fully saturated rings. The molecule has 3 rings (SSSR count). The van der Waals surface area contributed by atoms with Crippen molar-refractivity contribution < 1.29 is 0 Å². The average molecular weight is 454 g/mol. The molecule has 0 radical (unpaired) electrons. The standard InChI is InChI=1S/C22H37NS.C8H10/c1-7-9-14-22(15-10-8-2)16-13-19-17-20(23(3)4)11-12-21(19)24(5,6)18-22;1-7-5-3-4-6-8(7)2/h11-12,17H,5-10,13-16,18H2,1-4H3;3-6H,1-2H3. The average Bonchev–Trinajstić information content (AvgIpc) is 2.87.